The number of benzene rings is 3. The Morgan fingerprint density at radius 3 is 2.46 bits per heavy atom. The van der Waals surface area contributed by atoms with Crippen LogP contribution in [0.25, 0.3) is 0 Å². The highest BCUT2D eigenvalue weighted by atomic mass is 79.9. The van der Waals surface area contributed by atoms with Crippen LogP contribution in [0.3, 0.4) is 0 Å². The molecule has 0 spiro atoms. The Bertz CT molecular complexity index is 1210. The zero-order valence-corrected chi connectivity index (χ0v) is 23.7. The maximum absolute atomic E-state index is 12.7. The van der Waals surface area contributed by atoms with Crippen LogP contribution in [-0.2, 0) is 6.61 Å². The van der Waals surface area contributed by atoms with Crippen molar-refractivity contribution in [3.63, 3.8) is 0 Å². The number of rotatable bonds is 11. The van der Waals surface area contributed by atoms with Gasteiger partial charge in [0.25, 0.3) is 5.91 Å². The van der Waals surface area contributed by atoms with Crippen molar-refractivity contribution in [2.45, 2.75) is 13.5 Å². The van der Waals surface area contributed by atoms with E-state index in [1.807, 2.05) is 43.3 Å². The molecule has 0 aliphatic heterocycles. The third-order valence-corrected chi connectivity index (χ3v) is 6.14. The molecule has 0 radical (unpaired) electrons. The summed E-state index contributed by atoms with van der Waals surface area (Å²) in [6.07, 6.45) is 3.18. The first-order chi connectivity index (χ1) is 16.9. The Hall–Kier alpha value is -2.62. The van der Waals surface area contributed by atoms with Crippen molar-refractivity contribution in [2.75, 3.05) is 13.2 Å². The second-order valence-electron chi connectivity index (χ2n) is 7.11. The average Bonchev–Trinajstić information content (AvgIpc) is 2.83. The van der Waals surface area contributed by atoms with Crippen LogP contribution in [0.5, 0.6) is 17.2 Å². The van der Waals surface area contributed by atoms with E-state index in [2.05, 4.69) is 64.9 Å². The van der Waals surface area contributed by atoms with E-state index in [4.69, 9.17) is 14.2 Å². The molecule has 9 heteroatoms. The molecule has 0 heterocycles. The first kappa shape index (κ1) is 27.0. The molecule has 35 heavy (non-hydrogen) atoms. The highest BCUT2D eigenvalue weighted by Gasteiger charge is 2.13. The fourth-order valence-electron chi connectivity index (χ4n) is 2.98. The number of halogens is 3. The van der Waals surface area contributed by atoms with Gasteiger partial charge in [-0.1, -0.05) is 56.6 Å². The van der Waals surface area contributed by atoms with Crippen molar-refractivity contribution < 1.29 is 19.0 Å². The Kier molecular flexibility index (Phi) is 10.4. The molecule has 1 N–H and O–H groups in total. The Labute approximate surface area is 229 Å². The summed E-state index contributed by atoms with van der Waals surface area (Å²) in [7, 11) is 0. The van der Waals surface area contributed by atoms with E-state index >= 15 is 0 Å². The van der Waals surface area contributed by atoms with Gasteiger partial charge in [0.2, 0.25) is 0 Å². The van der Waals surface area contributed by atoms with Crippen LogP contribution in [0, 0.1) is 0 Å². The Morgan fingerprint density at radius 1 is 0.971 bits per heavy atom. The molecular formula is C26H23Br3N2O4. The zero-order chi connectivity index (χ0) is 25.2. The molecule has 1 amide bonds. The summed E-state index contributed by atoms with van der Waals surface area (Å²) >= 11 is 10.5. The lowest BCUT2D eigenvalue weighted by molar-refractivity contribution is 0.0954. The molecule has 182 valence electrons. The van der Waals surface area contributed by atoms with Crippen LogP contribution in [0.1, 0.15) is 28.4 Å². The molecule has 0 bridgehead atoms. The maximum Gasteiger partial charge on any atom is 0.271 e. The standard InChI is InChI=1S/C26H23Br3N2O4/c1-3-11-34-23-10-7-18(13-24(23)33-4-2)26(32)31-30-15-19-12-21(28)14-22(29)25(19)35-16-17-5-8-20(27)9-6-17/h3,5-10,12-15H,1,4,11,16H2,2H3,(H,31,32)/b30-15+. The van der Waals surface area contributed by atoms with Gasteiger partial charge in [0.05, 0.1) is 17.3 Å². The molecule has 3 rings (SSSR count). The number of nitrogens with zero attached hydrogens (tertiary/aromatic N) is 1. The molecule has 0 saturated heterocycles. The van der Waals surface area contributed by atoms with Gasteiger partial charge in [-0.05, 0) is 70.9 Å². The smallest absolute Gasteiger partial charge is 0.271 e. The van der Waals surface area contributed by atoms with E-state index < -0.39 is 0 Å². The SMILES string of the molecule is C=CCOc1ccc(C(=O)N/N=C/c2cc(Br)cc(Br)c2OCc2ccc(Br)cc2)cc1OCC. The Morgan fingerprint density at radius 2 is 1.74 bits per heavy atom. The lowest BCUT2D eigenvalue weighted by Crippen LogP contribution is -2.18. The van der Waals surface area contributed by atoms with Gasteiger partial charge in [0.15, 0.2) is 11.5 Å². The zero-order valence-electron chi connectivity index (χ0n) is 18.9. The van der Waals surface area contributed by atoms with E-state index in [9.17, 15) is 4.79 Å². The topological polar surface area (TPSA) is 69.2 Å². The van der Waals surface area contributed by atoms with Crippen LogP contribution in [0.15, 0.2) is 85.8 Å². The van der Waals surface area contributed by atoms with Gasteiger partial charge in [-0.3, -0.25) is 4.79 Å². The summed E-state index contributed by atoms with van der Waals surface area (Å²) in [5.41, 5.74) is 4.65. The molecule has 0 aliphatic carbocycles. The summed E-state index contributed by atoms with van der Waals surface area (Å²) in [4.78, 5) is 12.7. The van der Waals surface area contributed by atoms with E-state index in [-0.39, 0.29) is 5.91 Å². The monoisotopic (exact) mass is 664 g/mol. The first-order valence-corrected chi connectivity index (χ1v) is 13.0. The average molecular weight is 667 g/mol. The van der Waals surface area contributed by atoms with E-state index in [0.29, 0.717) is 48.2 Å². The van der Waals surface area contributed by atoms with Gasteiger partial charge < -0.3 is 14.2 Å². The molecule has 0 unspecified atom stereocenters. The van der Waals surface area contributed by atoms with E-state index in [1.165, 1.54) is 6.21 Å². The summed E-state index contributed by atoms with van der Waals surface area (Å²) in [6.45, 7) is 6.66. The van der Waals surface area contributed by atoms with Gasteiger partial charge in [-0.25, -0.2) is 5.43 Å². The molecule has 0 saturated carbocycles. The second kappa shape index (κ2) is 13.5. The fraction of sp³-hybridized carbons (Fsp3) is 0.154. The van der Waals surface area contributed by atoms with Gasteiger partial charge in [0, 0.05) is 20.1 Å². The van der Waals surface area contributed by atoms with Gasteiger partial charge >= 0.3 is 0 Å². The number of hydrogen-bond donors (Lipinski definition) is 1. The van der Waals surface area contributed by atoms with Crippen LogP contribution in [0.4, 0.5) is 0 Å². The quantitative estimate of drug-likeness (QED) is 0.133. The number of ether oxygens (including phenoxy) is 3. The lowest BCUT2D eigenvalue weighted by atomic mass is 10.2. The molecule has 0 fully saturated rings. The van der Waals surface area contributed by atoms with Gasteiger partial charge in [0.1, 0.15) is 19.0 Å². The highest BCUT2D eigenvalue weighted by Crippen LogP contribution is 2.33. The number of nitrogens with one attached hydrogen (secondary N) is 1. The molecule has 0 atom stereocenters. The molecule has 6 nitrogen and oxygen atoms in total. The number of carbonyl (C=O) groups is 1. The summed E-state index contributed by atoms with van der Waals surface area (Å²) in [5, 5.41) is 4.14. The van der Waals surface area contributed by atoms with Crippen molar-refractivity contribution in [2.24, 2.45) is 5.10 Å². The van der Waals surface area contributed by atoms with Gasteiger partial charge in [-0.2, -0.15) is 5.10 Å². The third-order valence-electron chi connectivity index (χ3n) is 4.57. The molecule has 0 aromatic heterocycles. The van der Waals surface area contributed by atoms with Gasteiger partial charge in [-0.15, -0.1) is 0 Å². The molecule has 3 aromatic rings. The maximum atomic E-state index is 12.7. The van der Waals surface area contributed by atoms with Crippen molar-refractivity contribution in [1.29, 1.82) is 0 Å². The normalized spacial score (nSPS) is 10.7. The van der Waals surface area contributed by atoms with Crippen LogP contribution in [-0.4, -0.2) is 25.3 Å². The van der Waals surface area contributed by atoms with Crippen molar-refractivity contribution in [1.82, 2.24) is 5.43 Å². The summed E-state index contributed by atoms with van der Waals surface area (Å²) in [6, 6.07) is 16.6. The largest absolute Gasteiger partial charge is 0.490 e. The fourth-order valence-corrected chi connectivity index (χ4v) is 4.61. The predicted molar refractivity (Wildman–Crippen MR) is 149 cm³/mol. The van der Waals surface area contributed by atoms with Crippen LogP contribution in [0.2, 0.25) is 0 Å². The minimum absolute atomic E-state index is 0.338. The minimum Gasteiger partial charge on any atom is -0.490 e. The van der Waals surface area contributed by atoms with Crippen molar-refractivity contribution in [3.8, 4) is 17.2 Å². The summed E-state index contributed by atoms with van der Waals surface area (Å²) in [5.74, 6) is 1.24. The van der Waals surface area contributed by atoms with E-state index in [0.717, 1.165) is 19.0 Å². The second-order valence-corrected chi connectivity index (χ2v) is 9.80. The third kappa shape index (κ3) is 7.95. The lowest BCUT2D eigenvalue weighted by Gasteiger charge is -2.13. The number of hydrazone groups is 1. The first-order valence-electron chi connectivity index (χ1n) is 10.6. The van der Waals surface area contributed by atoms with Crippen LogP contribution < -0.4 is 19.6 Å². The highest BCUT2D eigenvalue weighted by molar-refractivity contribution is 9.11. The molecule has 0 aliphatic rings. The van der Waals surface area contributed by atoms with Crippen molar-refractivity contribution in [3.05, 3.63) is 97.4 Å². The Balaban J connectivity index is 1.73. The van der Waals surface area contributed by atoms with Crippen molar-refractivity contribution >= 4 is 59.9 Å². The number of hydrogen-bond acceptors (Lipinski definition) is 5. The number of amides is 1. The van der Waals surface area contributed by atoms with E-state index in [1.54, 1.807) is 24.3 Å². The molecular weight excluding hydrogens is 644 g/mol. The summed E-state index contributed by atoms with van der Waals surface area (Å²) < 4.78 is 19.8. The number of carbonyl (C=O) groups excluding carboxylic acids is 1. The van der Waals surface area contributed by atoms with Crippen LogP contribution >= 0.6 is 47.8 Å². The molecule has 3 aromatic carbocycles. The minimum atomic E-state index is -0.385. The predicted octanol–water partition coefficient (Wildman–Crippen LogP) is 7.28.